The van der Waals surface area contributed by atoms with Gasteiger partial charge in [-0.05, 0) is 22.8 Å². The summed E-state index contributed by atoms with van der Waals surface area (Å²) in [6, 6.07) is 12.5. The van der Waals surface area contributed by atoms with Crippen LogP contribution in [-0.2, 0) is 24.4 Å². The molecule has 7 heteroatoms. The zero-order chi connectivity index (χ0) is 20.6. The van der Waals surface area contributed by atoms with E-state index in [1.165, 1.54) is 16.7 Å². The van der Waals surface area contributed by atoms with Crippen LogP contribution >= 0.6 is 0 Å². The van der Waals surface area contributed by atoms with Crippen LogP contribution < -0.4 is 5.32 Å². The van der Waals surface area contributed by atoms with E-state index < -0.39 is 0 Å². The van der Waals surface area contributed by atoms with Crippen molar-refractivity contribution < 1.29 is 9.53 Å². The van der Waals surface area contributed by atoms with E-state index >= 15 is 0 Å². The van der Waals surface area contributed by atoms with Gasteiger partial charge in [0.1, 0.15) is 0 Å². The van der Waals surface area contributed by atoms with Crippen molar-refractivity contribution in [3.8, 4) is 0 Å². The lowest BCUT2D eigenvalue weighted by atomic mass is 10.1. The summed E-state index contributed by atoms with van der Waals surface area (Å²) in [7, 11) is 0. The van der Waals surface area contributed by atoms with Gasteiger partial charge >= 0.3 is 6.03 Å². The molecule has 0 atom stereocenters. The van der Waals surface area contributed by atoms with Crippen LogP contribution in [0.15, 0.2) is 48.8 Å². The third kappa shape index (κ3) is 5.78. The Morgan fingerprint density at radius 3 is 2.37 bits per heavy atom. The second-order valence-corrected chi connectivity index (χ2v) is 7.94. The lowest BCUT2D eigenvalue weighted by Gasteiger charge is -2.34. The van der Waals surface area contributed by atoms with Crippen LogP contribution in [0.25, 0.3) is 0 Å². The summed E-state index contributed by atoms with van der Waals surface area (Å²) in [4.78, 5) is 23.6. The first-order valence-electron chi connectivity index (χ1n) is 10.8. The van der Waals surface area contributed by atoms with E-state index in [-0.39, 0.29) is 6.03 Å². The average molecular weight is 410 g/mol. The molecule has 1 N–H and O–H groups in total. The molecule has 1 aromatic heterocycles. The highest BCUT2D eigenvalue weighted by Crippen LogP contribution is 2.14. The van der Waals surface area contributed by atoms with Crippen molar-refractivity contribution in [2.24, 2.45) is 0 Å². The first-order chi connectivity index (χ1) is 14.8. The number of amides is 2. The third-order valence-electron chi connectivity index (χ3n) is 5.83. The summed E-state index contributed by atoms with van der Waals surface area (Å²) in [5, 5.41) is 3.13. The molecule has 0 spiro atoms. The number of ether oxygens (including phenoxy) is 1. The van der Waals surface area contributed by atoms with Crippen molar-refractivity contribution in [2.75, 3.05) is 52.5 Å². The summed E-state index contributed by atoms with van der Waals surface area (Å²) in [5.41, 5.74) is 3.68. The van der Waals surface area contributed by atoms with E-state index in [0.29, 0.717) is 6.54 Å². The Hall–Kier alpha value is -2.48. The molecule has 0 saturated carbocycles. The van der Waals surface area contributed by atoms with E-state index in [0.717, 1.165) is 65.6 Å². The van der Waals surface area contributed by atoms with Gasteiger partial charge in [-0.1, -0.05) is 30.3 Å². The van der Waals surface area contributed by atoms with Crippen LogP contribution in [-0.4, -0.2) is 78.2 Å². The highest BCUT2D eigenvalue weighted by molar-refractivity contribution is 5.74. The second-order valence-electron chi connectivity index (χ2n) is 7.94. The Balaban J connectivity index is 1.24. The van der Waals surface area contributed by atoms with Crippen LogP contribution in [0.3, 0.4) is 0 Å². The fourth-order valence-corrected chi connectivity index (χ4v) is 4.03. The van der Waals surface area contributed by atoms with Gasteiger partial charge in [-0.25, -0.2) is 4.79 Å². The molecule has 1 aromatic carbocycles. The van der Waals surface area contributed by atoms with Gasteiger partial charge in [0.2, 0.25) is 0 Å². The van der Waals surface area contributed by atoms with Crippen LogP contribution in [0.2, 0.25) is 0 Å². The Kier molecular flexibility index (Phi) is 7.29. The maximum absolute atomic E-state index is 12.7. The van der Waals surface area contributed by atoms with E-state index in [4.69, 9.17) is 4.74 Å². The molecule has 2 fully saturated rings. The second kappa shape index (κ2) is 10.5. The minimum absolute atomic E-state index is 0.0252. The van der Waals surface area contributed by atoms with Gasteiger partial charge in [-0.15, -0.1) is 0 Å². The number of urea groups is 1. The standard InChI is InChI=1S/C23H31N5O2/c29-23(28-10-8-26(9-11-28)18-20-4-3-7-24-16-20)25-17-21-5-1-2-6-22(21)19-27-12-14-30-15-13-27/h1-7,16H,8-15,17-19H2,(H,25,29). The molecule has 30 heavy (non-hydrogen) atoms. The molecule has 4 rings (SSSR count). The Labute approximate surface area is 178 Å². The summed E-state index contributed by atoms with van der Waals surface area (Å²) < 4.78 is 5.44. The molecule has 2 aliphatic rings. The highest BCUT2D eigenvalue weighted by atomic mass is 16.5. The van der Waals surface area contributed by atoms with E-state index in [1.54, 1.807) is 6.20 Å². The molecular weight excluding hydrogens is 378 g/mol. The van der Waals surface area contributed by atoms with Gasteiger partial charge in [0, 0.05) is 71.3 Å². The first-order valence-corrected chi connectivity index (χ1v) is 10.8. The molecule has 2 amide bonds. The van der Waals surface area contributed by atoms with E-state index in [2.05, 4.69) is 44.4 Å². The van der Waals surface area contributed by atoms with Crippen molar-refractivity contribution in [2.45, 2.75) is 19.6 Å². The van der Waals surface area contributed by atoms with E-state index in [9.17, 15) is 4.79 Å². The summed E-state index contributed by atoms with van der Waals surface area (Å²) >= 11 is 0. The molecule has 2 aromatic rings. The van der Waals surface area contributed by atoms with Gasteiger partial charge in [0.25, 0.3) is 0 Å². The Morgan fingerprint density at radius 1 is 0.900 bits per heavy atom. The molecular formula is C23H31N5O2. The van der Waals surface area contributed by atoms with Gasteiger partial charge < -0.3 is 15.0 Å². The molecule has 3 heterocycles. The molecule has 160 valence electrons. The molecule has 0 bridgehead atoms. The number of benzene rings is 1. The van der Waals surface area contributed by atoms with E-state index in [1.807, 2.05) is 23.2 Å². The van der Waals surface area contributed by atoms with Crippen molar-refractivity contribution in [3.05, 3.63) is 65.5 Å². The minimum Gasteiger partial charge on any atom is -0.379 e. The summed E-state index contributed by atoms with van der Waals surface area (Å²) in [5.74, 6) is 0. The number of hydrogen-bond acceptors (Lipinski definition) is 5. The first kappa shape index (κ1) is 20.8. The molecule has 0 aliphatic carbocycles. The predicted molar refractivity (Wildman–Crippen MR) is 116 cm³/mol. The number of aromatic nitrogens is 1. The quantitative estimate of drug-likeness (QED) is 0.790. The molecule has 2 saturated heterocycles. The number of carbonyl (C=O) groups excluding carboxylic acids is 1. The fourth-order valence-electron chi connectivity index (χ4n) is 4.03. The minimum atomic E-state index is 0.0252. The number of pyridine rings is 1. The highest BCUT2D eigenvalue weighted by Gasteiger charge is 2.21. The fraction of sp³-hybridized carbons (Fsp3) is 0.478. The van der Waals surface area contributed by atoms with Crippen LogP contribution in [0.4, 0.5) is 4.79 Å². The smallest absolute Gasteiger partial charge is 0.317 e. The maximum Gasteiger partial charge on any atom is 0.317 e. The lowest BCUT2D eigenvalue weighted by molar-refractivity contribution is 0.0340. The third-order valence-corrected chi connectivity index (χ3v) is 5.83. The largest absolute Gasteiger partial charge is 0.379 e. The zero-order valence-corrected chi connectivity index (χ0v) is 17.5. The number of nitrogens with one attached hydrogen (secondary N) is 1. The average Bonchev–Trinajstić information content (AvgIpc) is 2.80. The number of morpholine rings is 1. The zero-order valence-electron chi connectivity index (χ0n) is 17.5. The number of carbonyl (C=O) groups is 1. The Morgan fingerprint density at radius 2 is 1.63 bits per heavy atom. The summed E-state index contributed by atoms with van der Waals surface area (Å²) in [6.07, 6.45) is 3.71. The van der Waals surface area contributed by atoms with Crippen LogP contribution in [0, 0.1) is 0 Å². The lowest BCUT2D eigenvalue weighted by Crippen LogP contribution is -2.51. The van der Waals surface area contributed by atoms with Crippen LogP contribution in [0.5, 0.6) is 0 Å². The topological polar surface area (TPSA) is 60.9 Å². The van der Waals surface area contributed by atoms with Gasteiger partial charge in [-0.3, -0.25) is 14.8 Å². The number of nitrogens with zero attached hydrogens (tertiary/aromatic N) is 4. The van der Waals surface area contributed by atoms with Gasteiger partial charge in [0.15, 0.2) is 0 Å². The normalized spacial score (nSPS) is 18.3. The van der Waals surface area contributed by atoms with Crippen LogP contribution in [0.1, 0.15) is 16.7 Å². The predicted octanol–water partition coefficient (Wildman–Crippen LogP) is 1.94. The Bertz CT molecular complexity index is 802. The van der Waals surface area contributed by atoms with Crippen molar-refractivity contribution in [1.82, 2.24) is 25.0 Å². The molecule has 0 unspecified atom stereocenters. The molecule has 7 nitrogen and oxygen atoms in total. The van der Waals surface area contributed by atoms with Crippen molar-refractivity contribution in [1.29, 1.82) is 0 Å². The summed E-state index contributed by atoms with van der Waals surface area (Å²) in [6.45, 7) is 9.15. The van der Waals surface area contributed by atoms with Crippen molar-refractivity contribution >= 4 is 6.03 Å². The number of rotatable bonds is 6. The molecule has 0 radical (unpaired) electrons. The number of piperazine rings is 1. The molecule has 2 aliphatic heterocycles. The maximum atomic E-state index is 12.7. The monoisotopic (exact) mass is 409 g/mol. The SMILES string of the molecule is O=C(NCc1ccccc1CN1CCOCC1)N1CCN(Cc2cccnc2)CC1. The number of hydrogen-bond donors (Lipinski definition) is 1. The van der Waals surface area contributed by atoms with Gasteiger partial charge in [0.05, 0.1) is 13.2 Å². The van der Waals surface area contributed by atoms with Gasteiger partial charge in [-0.2, -0.15) is 0 Å². The van der Waals surface area contributed by atoms with Crippen molar-refractivity contribution in [3.63, 3.8) is 0 Å².